The van der Waals surface area contributed by atoms with Gasteiger partial charge in [-0.05, 0) is 48.6 Å². The maximum atomic E-state index is 12.6. The van der Waals surface area contributed by atoms with E-state index in [0.29, 0.717) is 17.4 Å². The highest BCUT2D eigenvalue weighted by Gasteiger charge is 2.34. The van der Waals surface area contributed by atoms with Crippen molar-refractivity contribution in [1.82, 2.24) is 10.5 Å². The molecule has 1 aliphatic carbocycles. The average molecular weight is 338 g/mol. The van der Waals surface area contributed by atoms with Crippen molar-refractivity contribution < 1.29 is 18.5 Å². The third kappa shape index (κ3) is 3.28. The number of furan rings is 1. The number of nitrogens with zero attached hydrogens (tertiary/aromatic N) is 1. The number of carbonyl (C=O) groups is 1. The first kappa shape index (κ1) is 15.5. The van der Waals surface area contributed by atoms with Gasteiger partial charge in [0.05, 0.1) is 19.4 Å². The smallest absolute Gasteiger partial charge is 0.273 e. The molecule has 0 saturated heterocycles. The van der Waals surface area contributed by atoms with Gasteiger partial charge in [0.2, 0.25) is 5.76 Å². The number of ether oxygens (including phenoxy) is 1. The van der Waals surface area contributed by atoms with Crippen molar-refractivity contribution in [1.29, 1.82) is 0 Å². The molecule has 1 amide bonds. The molecule has 0 bridgehead atoms. The molecule has 0 unspecified atom stereocenters. The molecule has 1 N–H and O–H groups in total. The number of hydrogen-bond donors (Lipinski definition) is 1. The summed E-state index contributed by atoms with van der Waals surface area (Å²) in [4.78, 5) is 12.6. The van der Waals surface area contributed by atoms with Crippen LogP contribution in [0.15, 0.2) is 57.7 Å². The summed E-state index contributed by atoms with van der Waals surface area (Å²) < 4.78 is 15.7. The lowest BCUT2D eigenvalue weighted by Gasteiger charge is -2.18. The van der Waals surface area contributed by atoms with Gasteiger partial charge in [0.1, 0.15) is 5.75 Å². The molecule has 6 nitrogen and oxygen atoms in total. The number of hydrogen-bond acceptors (Lipinski definition) is 5. The molecule has 1 saturated carbocycles. The second kappa shape index (κ2) is 6.47. The fourth-order valence-corrected chi connectivity index (χ4v) is 2.85. The lowest BCUT2D eigenvalue weighted by molar-refractivity contribution is 0.0922. The summed E-state index contributed by atoms with van der Waals surface area (Å²) >= 11 is 0. The lowest BCUT2D eigenvalue weighted by Crippen LogP contribution is -2.30. The largest absolute Gasteiger partial charge is 0.497 e. The molecule has 1 fully saturated rings. The number of nitrogens with one attached hydrogen (secondary N) is 1. The number of aromatic nitrogens is 1. The first-order valence-corrected chi connectivity index (χ1v) is 8.20. The summed E-state index contributed by atoms with van der Waals surface area (Å²) in [5, 5.41) is 6.93. The van der Waals surface area contributed by atoms with Crippen LogP contribution in [-0.2, 0) is 0 Å². The molecular formula is C19H18N2O4. The molecule has 128 valence electrons. The van der Waals surface area contributed by atoms with Crippen LogP contribution in [-0.4, -0.2) is 18.2 Å². The molecule has 2 heterocycles. The van der Waals surface area contributed by atoms with Crippen molar-refractivity contribution in [3.63, 3.8) is 0 Å². The Morgan fingerprint density at radius 2 is 2.04 bits per heavy atom. The van der Waals surface area contributed by atoms with E-state index in [2.05, 4.69) is 10.5 Å². The summed E-state index contributed by atoms with van der Waals surface area (Å²) in [6, 6.07) is 12.8. The molecule has 4 rings (SSSR count). The molecule has 1 aromatic carbocycles. The molecule has 25 heavy (non-hydrogen) atoms. The maximum Gasteiger partial charge on any atom is 0.273 e. The summed E-state index contributed by atoms with van der Waals surface area (Å²) in [5.41, 5.74) is 1.30. The van der Waals surface area contributed by atoms with E-state index in [9.17, 15) is 4.79 Å². The number of amides is 1. The molecule has 6 heteroatoms. The number of benzene rings is 1. The van der Waals surface area contributed by atoms with Crippen LogP contribution >= 0.6 is 0 Å². The van der Waals surface area contributed by atoms with Crippen molar-refractivity contribution in [3.8, 4) is 17.3 Å². The van der Waals surface area contributed by atoms with Gasteiger partial charge in [0.25, 0.3) is 5.91 Å². The predicted octanol–water partition coefficient (Wildman–Crippen LogP) is 3.82. The molecule has 0 radical (unpaired) electrons. The first-order valence-electron chi connectivity index (χ1n) is 8.20. The van der Waals surface area contributed by atoms with E-state index in [1.165, 1.54) is 0 Å². The van der Waals surface area contributed by atoms with Crippen molar-refractivity contribution >= 4 is 5.91 Å². The molecule has 1 aliphatic rings. The van der Waals surface area contributed by atoms with E-state index < -0.39 is 0 Å². The van der Waals surface area contributed by atoms with E-state index >= 15 is 0 Å². The fourth-order valence-electron chi connectivity index (χ4n) is 2.85. The molecule has 0 spiro atoms. The zero-order valence-electron chi connectivity index (χ0n) is 13.8. The second-order valence-corrected chi connectivity index (χ2v) is 6.12. The van der Waals surface area contributed by atoms with Gasteiger partial charge in [-0.15, -0.1) is 0 Å². The third-order valence-electron chi connectivity index (χ3n) is 4.36. The molecule has 0 aliphatic heterocycles. The van der Waals surface area contributed by atoms with Gasteiger partial charge in [0.15, 0.2) is 11.5 Å². The van der Waals surface area contributed by atoms with Crippen molar-refractivity contribution in [2.45, 2.75) is 18.9 Å². The van der Waals surface area contributed by atoms with Gasteiger partial charge in [-0.1, -0.05) is 17.3 Å². The van der Waals surface area contributed by atoms with E-state index in [1.54, 1.807) is 31.6 Å². The van der Waals surface area contributed by atoms with Crippen molar-refractivity contribution in [2.75, 3.05) is 7.11 Å². The van der Waals surface area contributed by atoms with Crippen LogP contribution in [0.2, 0.25) is 0 Å². The van der Waals surface area contributed by atoms with E-state index in [1.807, 2.05) is 24.3 Å². The van der Waals surface area contributed by atoms with Crippen molar-refractivity contribution in [3.05, 3.63) is 60.0 Å². The normalized spacial score (nSPS) is 14.9. The molecule has 3 aromatic rings. The summed E-state index contributed by atoms with van der Waals surface area (Å²) in [5.74, 6) is 1.97. The van der Waals surface area contributed by atoms with Crippen LogP contribution in [0.25, 0.3) is 11.5 Å². The minimum absolute atomic E-state index is 0.0397. The quantitative estimate of drug-likeness (QED) is 0.739. The second-order valence-electron chi connectivity index (χ2n) is 6.12. The topological polar surface area (TPSA) is 77.5 Å². The highest BCUT2D eigenvalue weighted by atomic mass is 16.5. The zero-order valence-corrected chi connectivity index (χ0v) is 13.8. The van der Waals surface area contributed by atoms with Crippen molar-refractivity contribution in [2.24, 2.45) is 5.92 Å². The Balaban J connectivity index is 1.51. The SMILES string of the molecule is COc1ccc([C@H](NC(=O)c2cc(-c3ccco3)on2)C2CC2)cc1. The van der Waals surface area contributed by atoms with Gasteiger partial charge >= 0.3 is 0 Å². The minimum Gasteiger partial charge on any atom is -0.497 e. The summed E-state index contributed by atoms with van der Waals surface area (Å²) in [6.07, 6.45) is 3.76. The number of carbonyl (C=O) groups excluding carboxylic acids is 1. The Hall–Kier alpha value is -3.02. The van der Waals surface area contributed by atoms with E-state index in [0.717, 1.165) is 24.2 Å². The predicted molar refractivity (Wildman–Crippen MR) is 90.1 cm³/mol. The van der Waals surface area contributed by atoms with Gasteiger partial charge in [0, 0.05) is 6.07 Å². The Morgan fingerprint density at radius 3 is 2.68 bits per heavy atom. The van der Waals surface area contributed by atoms with Crippen LogP contribution in [0.3, 0.4) is 0 Å². The molecular weight excluding hydrogens is 320 g/mol. The van der Waals surface area contributed by atoms with Crippen LogP contribution in [0.4, 0.5) is 0 Å². The molecule has 2 aromatic heterocycles. The number of rotatable bonds is 6. The maximum absolute atomic E-state index is 12.6. The Kier molecular flexibility index (Phi) is 4.01. The van der Waals surface area contributed by atoms with Gasteiger partial charge in [-0.2, -0.15) is 0 Å². The lowest BCUT2D eigenvalue weighted by atomic mass is 10.0. The fraction of sp³-hybridized carbons (Fsp3) is 0.263. The molecule has 1 atom stereocenters. The van der Waals surface area contributed by atoms with Crippen LogP contribution in [0.5, 0.6) is 5.75 Å². The highest BCUT2D eigenvalue weighted by molar-refractivity contribution is 5.93. The highest BCUT2D eigenvalue weighted by Crippen LogP contribution is 2.41. The monoisotopic (exact) mass is 338 g/mol. The minimum atomic E-state index is -0.255. The summed E-state index contributed by atoms with van der Waals surface area (Å²) in [6.45, 7) is 0. The standard InChI is InChI=1S/C19H18N2O4/c1-23-14-8-6-13(7-9-14)18(12-4-5-12)20-19(22)15-11-17(25-21-15)16-3-2-10-24-16/h2-3,6-12,18H,4-5H2,1H3,(H,20,22)/t18-/m1/s1. The van der Waals surface area contributed by atoms with Crippen LogP contribution in [0.1, 0.15) is 34.9 Å². The summed E-state index contributed by atoms with van der Waals surface area (Å²) in [7, 11) is 1.64. The van der Waals surface area contributed by atoms with Gasteiger partial charge < -0.3 is 19.0 Å². The Bertz CT molecular complexity index is 848. The van der Waals surface area contributed by atoms with Crippen LogP contribution in [0, 0.1) is 5.92 Å². The van der Waals surface area contributed by atoms with Gasteiger partial charge in [-0.3, -0.25) is 4.79 Å². The van der Waals surface area contributed by atoms with Crippen LogP contribution < -0.4 is 10.1 Å². The Labute approximate surface area is 144 Å². The average Bonchev–Trinajstić information content (AvgIpc) is 3.13. The van der Waals surface area contributed by atoms with E-state index in [-0.39, 0.29) is 17.6 Å². The van der Waals surface area contributed by atoms with Gasteiger partial charge in [-0.25, -0.2) is 0 Å². The first-order chi connectivity index (χ1) is 12.2. The zero-order chi connectivity index (χ0) is 17.2. The Morgan fingerprint density at radius 1 is 1.24 bits per heavy atom. The third-order valence-corrected chi connectivity index (χ3v) is 4.36. The van der Waals surface area contributed by atoms with E-state index in [4.69, 9.17) is 13.7 Å². The number of methoxy groups -OCH3 is 1.